The lowest BCUT2D eigenvalue weighted by atomic mass is 10.0. The van der Waals surface area contributed by atoms with Crippen LogP contribution in [0.2, 0.25) is 0 Å². The smallest absolute Gasteiger partial charge is 0.244 e. The summed E-state index contributed by atoms with van der Waals surface area (Å²) in [5.74, 6) is -0.201. The fraction of sp³-hybridized carbons (Fsp3) is 0.889. The Kier molecular flexibility index (Phi) is 22.8. The summed E-state index contributed by atoms with van der Waals surface area (Å²) < 4.78 is 0. The highest BCUT2D eigenvalue weighted by Gasteiger charge is 2.04. The molecule has 0 bridgehead atoms. The number of rotatable bonds is 23. The molecule has 29 heavy (non-hydrogen) atoms. The number of unbranched alkanes of at least 4 members (excludes halogenated alkanes) is 19. The van der Waals surface area contributed by atoms with Crippen LogP contribution in [-0.4, -0.2) is 5.91 Å². The standard InChI is InChI=1S/C27H53NO/c1-3-5-7-9-11-13-15-17-19-21-23-25-26(27(28)29)24-22-20-18-16-14-12-10-8-6-4-2/h25H,3-24H2,1-2H3,(H2,28,29)/b26-25+. The van der Waals surface area contributed by atoms with Crippen LogP contribution < -0.4 is 5.73 Å². The van der Waals surface area contributed by atoms with Gasteiger partial charge in [-0.2, -0.15) is 0 Å². The molecule has 0 spiro atoms. The van der Waals surface area contributed by atoms with E-state index in [-0.39, 0.29) is 5.91 Å². The number of amides is 1. The van der Waals surface area contributed by atoms with Crippen molar-refractivity contribution in [1.82, 2.24) is 0 Å². The summed E-state index contributed by atoms with van der Waals surface area (Å²) in [5.41, 5.74) is 6.46. The van der Waals surface area contributed by atoms with Gasteiger partial charge in [-0.05, 0) is 25.7 Å². The van der Waals surface area contributed by atoms with Crippen LogP contribution in [0.4, 0.5) is 0 Å². The molecular weight excluding hydrogens is 354 g/mol. The summed E-state index contributed by atoms with van der Waals surface area (Å²) in [6, 6.07) is 0. The zero-order chi connectivity index (χ0) is 21.4. The van der Waals surface area contributed by atoms with E-state index in [2.05, 4.69) is 19.9 Å². The Morgan fingerprint density at radius 3 is 1.28 bits per heavy atom. The van der Waals surface area contributed by atoms with Gasteiger partial charge >= 0.3 is 0 Å². The molecule has 0 rings (SSSR count). The molecule has 0 heterocycles. The van der Waals surface area contributed by atoms with Gasteiger partial charge in [-0.1, -0.05) is 135 Å². The molecule has 0 saturated heterocycles. The van der Waals surface area contributed by atoms with Gasteiger partial charge in [0.15, 0.2) is 0 Å². The maximum atomic E-state index is 11.7. The second-order valence-corrected chi connectivity index (χ2v) is 9.00. The topological polar surface area (TPSA) is 43.1 Å². The van der Waals surface area contributed by atoms with Crippen molar-refractivity contribution in [2.24, 2.45) is 5.73 Å². The third-order valence-electron chi connectivity index (χ3n) is 6.06. The third-order valence-corrected chi connectivity index (χ3v) is 6.06. The molecule has 0 atom stereocenters. The first-order chi connectivity index (χ1) is 14.2. The number of allylic oxidation sites excluding steroid dienone is 1. The lowest BCUT2D eigenvalue weighted by Gasteiger charge is -2.05. The van der Waals surface area contributed by atoms with Crippen LogP contribution in [-0.2, 0) is 4.79 Å². The Labute approximate surface area is 183 Å². The van der Waals surface area contributed by atoms with Crippen LogP contribution in [0.1, 0.15) is 155 Å². The summed E-state index contributed by atoms with van der Waals surface area (Å²) in [4.78, 5) is 11.7. The summed E-state index contributed by atoms with van der Waals surface area (Å²) in [5, 5.41) is 0. The molecule has 1 amide bonds. The molecule has 0 saturated carbocycles. The van der Waals surface area contributed by atoms with Crippen LogP contribution >= 0.6 is 0 Å². The van der Waals surface area contributed by atoms with E-state index in [1.165, 1.54) is 122 Å². The predicted octanol–water partition coefficient (Wildman–Crippen LogP) is 9.02. The summed E-state index contributed by atoms with van der Waals surface area (Å²) >= 11 is 0. The maximum absolute atomic E-state index is 11.7. The van der Waals surface area contributed by atoms with Crippen LogP contribution in [0.3, 0.4) is 0 Å². The van der Waals surface area contributed by atoms with Gasteiger partial charge in [-0.25, -0.2) is 0 Å². The van der Waals surface area contributed by atoms with Crippen molar-refractivity contribution >= 4 is 5.91 Å². The van der Waals surface area contributed by atoms with Crippen LogP contribution in [0.15, 0.2) is 11.6 Å². The van der Waals surface area contributed by atoms with Crippen molar-refractivity contribution < 1.29 is 4.79 Å². The molecule has 2 N–H and O–H groups in total. The molecule has 0 radical (unpaired) electrons. The fourth-order valence-corrected chi connectivity index (χ4v) is 4.04. The van der Waals surface area contributed by atoms with Crippen molar-refractivity contribution in [1.29, 1.82) is 0 Å². The number of carbonyl (C=O) groups is 1. The second-order valence-electron chi connectivity index (χ2n) is 9.00. The van der Waals surface area contributed by atoms with E-state index in [4.69, 9.17) is 5.73 Å². The molecule has 172 valence electrons. The third kappa shape index (κ3) is 21.7. The fourth-order valence-electron chi connectivity index (χ4n) is 4.04. The predicted molar refractivity (Wildman–Crippen MR) is 130 cm³/mol. The normalized spacial score (nSPS) is 11.9. The SMILES string of the molecule is CCCCCCCCCCCC/C=C(\CCCCCCCCCCCC)C(N)=O. The Morgan fingerprint density at radius 1 is 0.552 bits per heavy atom. The average Bonchev–Trinajstić information content (AvgIpc) is 2.71. The summed E-state index contributed by atoms with van der Waals surface area (Å²) in [7, 11) is 0. The lowest BCUT2D eigenvalue weighted by Crippen LogP contribution is -2.14. The van der Waals surface area contributed by atoms with Gasteiger partial charge in [0, 0.05) is 5.57 Å². The Balaban J connectivity index is 3.56. The highest BCUT2D eigenvalue weighted by atomic mass is 16.1. The molecule has 0 unspecified atom stereocenters. The van der Waals surface area contributed by atoms with Crippen molar-refractivity contribution in [3.63, 3.8) is 0 Å². The zero-order valence-electron chi connectivity index (χ0n) is 20.1. The second kappa shape index (κ2) is 23.5. The molecule has 0 aliphatic heterocycles. The number of hydrogen-bond donors (Lipinski definition) is 1. The largest absolute Gasteiger partial charge is 0.366 e. The molecule has 2 heteroatoms. The van der Waals surface area contributed by atoms with Gasteiger partial charge in [0.25, 0.3) is 0 Å². The van der Waals surface area contributed by atoms with E-state index in [1.54, 1.807) is 0 Å². The van der Waals surface area contributed by atoms with Gasteiger partial charge in [-0.3, -0.25) is 4.79 Å². The highest BCUT2D eigenvalue weighted by Crippen LogP contribution is 2.16. The maximum Gasteiger partial charge on any atom is 0.244 e. The first-order valence-corrected chi connectivity index (χ1v) is 13.2. The molecule has 0 aliphatic carbocycles. The van der Waals surface area contributed by atoms with Crippen molar-refractivity contribution in [3.05, 3.63) is 11.6 Å². The van der Waals surface area contributed by atoms with E-state index in [9.17, 15) is 4.79 Å². The van der Waals surface area contributed by atoms with Gasteiger partial charge in [0.1, 0.15) is 0 Å². The molecule has 0 aromatic heterocycles. The highest BCUT2D eigenvalue weighted by molar-refractivity contribution is 5.91. The summed E-state index contributed by atoms with van der Waals surface area (Å²) in [6.07, 6.45) is 30.9. The number of hydrogen-bond acceptors (Lipinski definition) is 1. The van der Waals surface area contributed by atoms with E-state index < -0.39 is 0 Å². The summed E-state index contributed by atoms with van der Waals surface area (Å²) in [6.45, 7) is 4.54. The van der Waals surface area contributed by atoms with Gasteiger partial charge < -0.3 is 5.73 Å². The first-order valence-electron chi connectivity index (χ1n) is 13.2. The minimum absolute atomic E-state index is 0.201. The lowest BCUT2D eigenvalue weighted by molar-refractivity contribution is -0.114. The average molecular weight is 408 g/mol. The van der Waals surface area contributed by atoms with Gasteiger partial charge in [0.2, 0.25) is 5.91 Å². The molecule has 0 fully saturated rings. The van der Waals surface area contributed by atoms with Crippen molar-refractivity contribution in [2.75, 3.05) is 0 Å². The molecule has 0 aromatic carbocycles. The minimum atomic E-state index is -0.201. The number of primary amides is 1. The van der Waals surface area contributed by atoms with E-state index >= 15 is 0 Å². The van der Waals surface area contributed by atoms with Gasteiger partial charge in [0.05, 0.1) is 0 Å². The van der Waals surface area contributed by atoms with E-state index in [1.807, 2.05) is 0 Å². The minimum Gasteiger partial charge on any atom is -0.366 e. The van der Waals surface area contributed by atoms with E-state index in [0.29, 0.717) is 0 Å². The van der Waals surface area contributed by atoms with Gasteiger partial charge in [-0.15, -0.1) is 0 Å². The monoisotopic (exact) mass is 407 g/mol. The zero-order valence-corrected chi connectivity index (χ0v) is 20.1. The van der Waals surface area contributed by atoms with Crippen molar-refractivity contribution in [3.8, 4) is 0 Å². The van der Waals surface area contributed by atoms with Crippen LogP contribution in [0.5, 0.6) is 0 Å². The van der Waals surface area contributed by atoms with E-state index in [0.717, 1.165) is 24.8 Å². The molecule has 0 aliphatic rings. The molecular formula is C27H53NO. The Hall–Kier alpha value is -0.790. The number of nitrogens with two attached hydrogens (primary N) is 1. The molecule has 0 aromatic rings. The Bertz CT molecular complexity index is 375. The van der Waals surface area contributed by atoms with Crippen LogP contribution in [0.25, 0.3) is 0 Å². The van der Waals surface area contributed by atoms with Crippen LogP contribution in [0, 0.1) is 0 Å². The first kappa shape index (κ1) is 28.2. The molecule has 2 nitrogen and oxygen atoms in total. The quantitative estimate of drug-likeness (QED) is 0.133. The Morgan fingerprint density at radius 2 is 0.897 bits per heavy atom. The number of carbonyl (C=O) groups excluding carboxylic acids is 1. The van der Waals surface area contributed by atoms with Crippen molar-refractivity contribution in [2.45, 2.75) is 155 Å².